The monoisotopic (exact) mass is 272 g/mol. The Morgan fingerprint density at radius 1 is 1.56 bits per heavy atom. The second-order valence-electron chi connectivity index (χ2n) is 4.20. The van der Waals surface area contributed by atoms with Crippen LogP contribution in [0.5, 0.6) is 0 Å². The standard InChI is InChI=1S/C12H20N2O3S/c1-3-4-12(14(15)16)10(2)18-13-9-11-5-7-17-8-6-11/h3-4,11,13H,5-9H2,1-2H3/b4-3-,12-10-. The lowest BCUT2D eigenvalue weighted by Gasteiger charge is -2.21. The molecule has 1 rings (SSSR count). The molecule has 0 spiro atoms. The maximum atomic E-state index is 10.8. The summed E-state index contributed by atoms with van der Waals surface area (Å²) in [6.07, 6.45) is 5.33. The van der Waals surface area contributed by atoms with Crippen molar-refractivity contribution in [3.63, 3.8) is 0 Å². The predicted molar refractivity (Wildman–Crippen MR) is 73.6 cm³/mol. The van der Waals surface area contributed by atoms with E-state index < -0.39 is 0 Å². The first kappa shape index (κ1) is 15.2. The van der Waals surface area contributed by atoms with Crippen LogP contribution >= 0.6 is 11.9 Å². The number of ether oxygens (including phenoxy) is 1. The van der Waals surface area contributed by atoms with Gasteiger partial charge in [0.1, 0.15) is 0 Å². The molecule has 0 atom stereocenters. The van der Waals surface area contributed by atoms with Crippen LogP contribution in [-0.4, -0.2) is 24.7 Å². The van der Waals surface area contributed by atoms with E-state index in [1.54, 1.807) is 19.9 Å². The lowest BCUT2D eigenvalue weighted by Crippen LogP contribution is -2.24. The third-order valence-electron chi connectivity index (χ3n) is 2.82. The molecule has 1 aliphatic heterocycles. The molecule has 0 saturated carbocycles. The lowest BCUT2D eigenvalue weighted by atomic mass is 10.0. The smallest absolute Gasteiger partial charge is 0.279 e. The summed E-state index contributed by atoms with van der Waals surface area (Å²) in [5.74, 6) is 0.611. The van der Waals surface area contributed by atoms with Crippen molar-refractivity contribution < 1.29 is 9.66 Å². The van der Waals surface area contributed by atoms with E-state index in [1.165, 1.54) is 18.0 Å². The molecule has 5 nitrogen and oxygen atoms in total. The van der Waals surface area contributed by atoms with Crippen LogP contribution < -0.4 is 4.72 Å². The fraction of sp³-hybridized carbons (Fsp3) is 0.667. The molecule has 0 aromatic heterocycles. The maximum absolute atomic E-state index is 10.8. The number of nitro groups is 1. The second kappa shape index (κ2) is 8.29. The molecule has 0 unspecified atom stereocenters. The van der Waals surface area contributed by atoms with E-state index >= 15 is 0 Å². The summed E-state index contributed by atoms with van der Waals surface area (Å²) in [4.78, 5) is 11.2. The number of nitrogens with one attached hydrogen (secondary N) is 1. The summed E-state index contributed by atoms with van der Waals surface area (Å²) in [5.41, 5.74) is 0.155. The minimum absolute atomic E-state index is 0.155. The Labute approximate surface area is 112 Å². The van der Waals surface area contributed by atoms with E-state index in [4.69, 9.17) is 4.74 Å². The van der Waals surface area contributed by atoms with Gasteiger partial charge in [-0.1, -0.05) is 6.08 Å². The Kier molecular flexibility index (Phi) is 7.00. The van der Waals surface area contributed by atoms with Crippen LogP contribution in [0, 0.1) is 16.0 Å². The van der Waals surface area contributed by atoms with Crippen molar-refractivity contribution in [1.82, 2.24) is 4.72 Å². The van der Waals surface area contributed by atoms with Gasteiger partial charge in [0.15, 0.2) is 0 Å². The van der Waals surface area contributed by atoms with Gasteiger partial charge in [-0.05, 0) is 44.6 Å². The third kappa shape index (κ3) is 5.20. The van der Waals surface area contributed by atoms with Crippen molar-refractivity contribution in [3.05, 3.63) is 32.9 Å². The Bertz CT molecular complexity index is 336. The SMILES string of the molecule is C/C=C\C(=C(/C)SNCC1CCOCC1)[N+](=O)[O-]. The normalized spacial score (nSPS) is 19.0. The van der Waals surface area contributed by atoms with E-state index in [0.29, 0.717) is 10.8 Å². The quantitative estimate of drug-likeness (QED) is 0.348. The molecule has 18 heavy (non-hydrogen) atoms. The van der Waals surface area contributed by atoms with Crippen LogP contribution in [0.1, 0.15) is 26.7 Å². The van der Waals surface area contributed by atoms with Crippen LogP contribution in [0.2, 0.25) is 0 Å². The number of nitrogens with zero attached hydrogens (tertiary/aromatic N) is 1. The Hall–Kier alpha value is -0.850. The van der Waals surface area contributed by atoms with Crippen molar-refractivity contribution >= 4 is 11.9 Å². The molecule has 1 saturated heterocycles. The molecule has 1 heterocycles. The largest absolute Gasteiger partial charge is 0.381 e. The summed E-state index contributed by atoms with van der Waals surface area (Å²) in [7, 11) is 0. The minimum Gasteiger partial charge on any atom is -0.381 e. The van der Waals surface area contributed by atoms with E-state index in [2.05, 4.69) is 4.72 Å². The summed E-state index contributed by atoms with van der Waals surface area (Å²) in [6.45, 7) is 6.05. The molecule has 0 bridgehead atoms. The highest BCUT2D eigenvalue weighted by Gasteiger charge is 2.15. The Morgan fingerprint density at radius 2 is 2.22 bits per heavy atom. The average Bonchev–Trinajstić information content (AvgIpc) is 2.36. The molecule has 0 amide bonds. The second-order valence-corrected chi connectivity index (χ2v) is 5.31. The van der Waals surface area contributed by atoms with Crippen molar-refractivity contribution in [2.45, 2.75) is 26.7 Å². The Morgan fingerprint density at radius 3 is 2.78 bits per heavy atom. The summed E-state index contributed by atoms with van der Waals surface area (Å²) in [5, 5.41) is 10.8. The van der Waals surface area contributed by atoms with Gasteiger partial charge < -0.3 is 4.74 Å². The van der Waals surface area contributed by atoms with Gasteiger partial charge >= 0.3 is 0 Å². The lowest BCUT2D eigenvalue weighted by molar-refractivity contribution is -0.419. The van der Waals surface area contributed by atoms with Crippen LogP contribution in [0.3, 0.4) is 0 Å². The first-order chi connectivity index (χ1) is 8.65. The Balaban J connectivity index is 2.40. The molecule has 102 valence electrons. The molecular weight excluding hydrogens is 252 g/mol. The average molecular weight is 272 g/mol. The molecule has 1 fully saturated rings. The predicted octanol–water partition coefficient (Wildman–Crippen LogP) is 2.74. The molecule has 0 aromatic carbocycles. The van der Waals surface area contributed by atoms with E-state index in [-0.39, 0.29) is 10.6 Å². The molecule has 1 aliphatic rings. The van der Waals surface area contributed by atoms with Gasteiger partial charge in [0, 0.05) is 25.8 Å². The van der Waals surface area contributed by atoms with Gasteiger partial charge in [-0.2, -0.15) is 0 Å². The fourth-order valence-electron chi connectivity index (χ4n) is 1.74. The zero-order valence-electron chi connectivity index (χ0n) is 10.8. The first-order valence-corrected chi connectivity index (χ1v) is 6.92. The van der Waals surface area contributed by atoms with Crippen molar-refractivity contribution in [2.24, 2.45) is 5.92 Å². The summed E-state index contributed by atoms with van der Waals surface area (Å²) in [6, 6.07) is 0. The third-order valence-corrected chi connectivity index (χ3v) is 3.65. The van der Waals surface area contributed by atoms with Crippen molar-refractivity contribution in [3.8, 4) is 0 Å². The molecule has 0 aliphatic carbocycles. The van der Waals surface area contributed by atoms with Gasteiger partial charge in [-0.3, -0.25) is 14.8 Å². The number of allylic oxidation sites excluding steroid dienone is 3. The van der Waals surface area contributed by atoms with Crippen LogP contribution in [0.25, 0.3) is 0 Å². The van der Waals surface area contributed by atoms with Gasteiger partial charge in [0.05, 0.1) is 9.83 Å². The van der Waals surface area contributed by atoms with Crippen molar-refractivity contribution in [1.29, 1.82) is 0 Å². The molecular formula is C12H20N2O3S. The van der Waals surface area contributed by atoms with Crippen molar-refractivity contribution in [2.75, 3.05) is 19.8 Å². The van der Waals surface area contributed by atoms with Crippen LogP contribution in [0.4, 0.5) is 0 Å². The highest BCUT2D eigenvalue weighted by Crippen LogP contribution is 2.20. The molecule has 6 heteroatoms. The maximum Gasteiger partial charge on any atom is 0.279 e. The fourth-order valence-corrected chi connectivity index (χ4v) is 2.52. The number of hydrogen-bond donors (Lipinski definition) is 1. The van der Waals surface area contributed by atoms with Crippen LogP contribution in [-0.2, 0) is 4.74 Å². The zero-order chi connectivity index (χ0) is 13.4. The van der Waals surface area contributed by atoms with Gasteiger partial charge in [0.25, 0.3) is 5.70 Å². The highest BCUT2D eigenvalue weighted by molar-refractivity contribution is 8.01. The van der Waals surface area contributed by atoms with Gasteiger partial charge in [-0.15, -0.1) is 0 Å². The van der Waals surface area contributed by atoms with Gasteiger partial charge in [-0.25, -0.2) is 0 Å². The van der Waals surface area contributed by atoms with Gasteiger partial charge in [0.2, 0.25) is 0 Å². The minimum atomic E-state index is -0.349. The summed E-state index contributed by atoms with van der Waals surface area (Å²) >= 11 is 1.34. The molecule has 0 radical (unpaired) electrons. The van der Waals surface area contributed by atoms with E-state index in [1.807, 2.05) is 0 Å². The topological polar surface area (TPSA) is 64.4 Å². The van der Waals surface area contributed by atoms with E-state index in [0.717, 1.165) is 32.6 Å². The highest BCUT2D eigenvalue weighted by atomic mass is 32.2. The van der Waals surface area contributed by atoms with Crippen LogP contribution in [0.15, 0.2) is 22.8 Å². The molecule has 0 aromatic rings. The zero-order valence-corrected chi connectivity index (χ0v) is 11.7. The number of hydrogen-bond acceptors (Lipinski definition) is 5. The number of rotatable bonds is 6. The first-order valence-electron chi connectivity index (χ1n) is 6.10. The summed E-state index contributed by atoms with van der Waals surface area (Å²) < 4.78 is 8.50. The molecule has 1 N–H and O–H groups in total. The van der Waals surface area contributed by atoms with E-state index in [9.17, 15) is 10.1 Å².